The zero-order chi connectivity index (χ0) is 7.98. The Morgan fingerprint density at radius 2 is 2.20 bits per heavy atom. The van der Waals surface area contributed by atoms with E-state index in [1.807, 2.05) is 13.8 Å². The summed E-state index contributed by atoms with van der Waals surface area (Å²) in [5.74, 6) is 0. The molecule has 0 atom stereocenters. The Morgan fingerprint density at radius 1 is 1.60 bits per heavy atom. The molecular formula is C8H13NO. The van der Waals surface area contributed by atoms with Crippen molar-refractivity contribution in [3.05, 3.63) is 24.4 Å². The molecule has 0 aromatic carbocycles. The Bertz CT molecular complexity index is 145. The van der Waals surface area contributed by atoms with Gasteiger partial charge in [0, 0.05) is 12.7 Å². The van der Waals surface area contributed by atoms with Crippen LogP contribution in [0.5, 0.6) is 0 Å². The van der Waals surface area contributed by atoms with Crippen molar-refractivity contribution in [3.63, 3.8) is 0 Å². The van der Waals surface area contributed by atoms with Gasteiger partial charge in [0.05, 0.1) is 0 Å². The van der Waals surface area contributed by atoms with Crippen LogP contribution in [0.15, 0.2) is 24.4 Å². The summed E-state index contributed by atoms with van der Waals surface area (Å²) in [6.45, 7) is 7.99. The average Bonchev–Trinajstić information content (AvgIpc) is 1.86. The van der Waals surface area contributed by atoms with Crippen LogP contribution in [0.2, 0.25) is 0 Å². The maximum Gasteiger partial charge on any atom is 0.213 e. The van der Waals surface area contributed by atoms with Gasteiger partial charge in [-0.05, 0) is 13.8 Å². The molecule has 0 unspecified atom stereocenters. The predicted octanol–water partition coefficient (Wildman–Crippen LogP) is 1.55. The maximum absolute atomic E-state index is 10.3. The number of nitrogens with zero attached hydrogens (tertiary/aromatic N) is 1. The van der Waals surface area contributed by atoms with Gasteiger partial charge in [-0.3, -0.25) is 4.79 Å². The monoisotopic (exact) mass is 139 g/mol. The summed E-state index contributed by atoms with van der Waals surface area (Å²) in [6.07, 6.45) is 4.26. The van der Waals surface area contributed by atoms with Gasteiger partial charge in [-0.2, -0.15) is 0 Å². The SMILES string of the molecule is C=CCN(C=O)C=C(C)C. The number of amides is 1. The molecule has 2 heteroatoms. The van der Waals surface area contributed by atoms with Crippen molar-refractivity contribution < 1.29 is 4.79 Å². The van der Waals surface area contributed by atoms with E-state index in [4.69, 9.17) is 0 Å². The highest BCUT2D eigenvalue weighted by Crippen LogP contribution is 1.92. The van der Waals surface area contributed by atoms with E-state index in [0.717, 1.165) is 12.0 Å². The molecule has 10 heavy (non-hydrogen) atoms. The van der Waals surface area contributed by atoms with Crippen molar-refractivity contribution in [1.82, 2.24) is 4.90 Å². The smallest absolute Gasteiger partial charge is 0.213 e. The van der Waals surface area contributed by atoms with E-state index in [-0.39, 0.29) is 0 Å². The Kier molecular flexibility index (Phi) is 4.29. The zero-order valence-corrected chi connectivity index (χ0v) is 6.50. The van der Waals surface area contributed by atoms with E-state index < -0.39 is 0 Å². The summed E-state index contributed by atoms with van der Waals surface area (Å²) in [6, 6.07) is 0. The Hall–Kier alpha value is -1.05. The van der Waals surface area contributed by atoms with Gasteiger partial charge < -0.3 is 4.90 Å². The molecule has 0 aromatic heterocycles. The molecule has 0 aromatic rings. The minimum Gasteiger partial charge on any atom is -0.318 e. The second-order valence-electron chi connectivity index (χ2n) is 2.30. The van der Waals surface area contributed by atoms with Gasteiger partial charge in [-0.15, -0.1) is 6.58 Å². The lowest BCUT2D eigenvalue weighted by Crippen LogP contribution is -2.14. The van der Waals surface area contributed by atoms with Crippen molar-refractivity contribution >= 4 is 6.41 Å². The van der Waals surface area contributed by atoms with Gasteiger partial charge >= 0.3 is 0 Å². The van der Waals surface area contributed by atoms with E-state index in [1.165, 1.54) is 0 Å². The van der Waals surface area contributed by atoms with Gasteiger partial charge in [0.15, 0.2) is 0 Å². The molecular weight excluding hydrogens is 126 g/mol. The predicted molar refractivity (Wildman–Crippen MR) is 42.4 cm³/mol. The molecule has 0 rings (SSSR count). The fourth-order valence-corrected chi connectivity index (χ4v) is 0.607. The maximum atomic E-state index is 10.3. The first-order valence-corrected chi connectivity index (χ1v) is 3.17. The largest absolute Gasteiger partial charge is 0.318 e. The van der Waals surface area contributed by atoms with Gasteiger partial charge in [-0.1, -0.05) is 11.6 Å². The number of carbonyl (C=O) groups is 1. The fourth-order valence-electron chi connectivity index (χ4n) is 0.607. The third-order valence-electron chi connectivity index (χ3n) is 0.899. The second-order valence-corrected chi connectivity index (χ2v) is 2.30. The van der Waals surface area contributed by atoms with Gasteiger partial charge in [0.25, 0.3) is 0 Å². The Morgan fingerprint density at radius 3 is 2.50 bits per heavy atom. The summed E-state index contributed by atoms with van der Waals surface area (Å²) in [4.78, 5) is 11.8. The quantitative estimate of drug-likeness (QED) is 0.427. The molecule has 0 aliphatic heterocycles. The second kappa shape index (κ2) is 4.79. The molecule has 0 spiro atoms. The van der Waals surface area contributed by atoms with Gasteiger partial charge in [0.2, 0.25) is 6.41 Å². The summed E-state index contributed by atoms with van der Waals surface area (Å²) >= 11 is 0. The molecule has 0 heterocycles. The summed E-state index contributed by atoms with van der Waals surface area (Å²) in [7, 11) is 0. The number of rotatable bonds is 4. The molecule has 1 amide bonds. The van der Waals surface area contributed by atoms with Crippen molar-refractivity contribution in [2.75, 3.05) is 6.54 Å². The molecule has 0 aliphatic carbocycles. The third-order valence-corrected chi connectivity index (χ3v) is 0.899. The topological polar surface area (TPSA) is 20.3 Å². The summed E-state index contributed by atoms with van der Waals surface area (Å²) in [5.41, 5.74) is 1.11. The normalized spacial score (nSPS) is 8.20. The van der Waals surface area contributed by atoms with Crippen LogP contribution < -0.4 is 0 Å². The summed E-state index contributed by atoms with van der Waals surface area (Å²) < 4.78 is 0. The Balaban J connectivity index is 3.94. The molecule has 56 valence electrons. The fraction of sp³-hybridized carbons (Fsp3) is 0.375. The molecule has 0 N–H and O–H groups in total. The first-order valence-electron chi connectivity index (χ1n) is 3.17. The van der Waals surface area contributed by atoms with Crippen LogP contribution in [0.25, 0.3) is 0 Å². The molecule has 0 aliphatic rings. The summed E-state index contributed by atoms with van der Waals surface area (Å²) in [5, 5.41) is 0. The lowest BCUT2D eigenvalue weighted by Gasteiger charge is -2.08. The van der Waals surface area contributed by atoms with Crippen LogP contribution in [0, 0.1) is 0 Å². The van der Waals surface area contributed by atoms with Crippen LogP contribution >= 0.6 is 0 Å². The Labute approximate surface area is 61.8 Å². The van der Waals surface area contributed by atoms with Gasteiger partial charge in [0.1, 0.15) is 0 Å². The third kappa shape index (κ3) is 3.89. The van der Waals surface area contributed by atoms with Crippen LogP contribution in [0.1, 0.15) is 13.8 Å². The van der Waals surface area contributed by atoms with Crippen LogP contribution in [-0.2, 0) is 4.79 Å². The van der Waals surface area contributed by atoms with Crippen molar-refractivity contribution in [3.8, 4) is 0 Å². The zero-order valence-electron chi connectivity index (χ0n) is 6.50. The highest BCUT2D eigenvalue weighted by Gasteiger charge is 1.90. The van der Waals surface area contributed by atoms with Crippen LogP contribution in [0.3, 0.4) is 0 Å². The minimum atomic E-state index is 0.578. The first kappa shape index (κ1) is 8.95. The van der Waals surface area contributed by atoms with Crippen molar-refractivity contribution in [1.29, 1.82) is 0 Å². The van der Waals surface area contributed by atoms with Gasteiger partial charge in [-0.25, -0.2) is 0 Å². The van der Waals surface area contributed by atoms with E-state index in [0.29, 0.717) is 6.54 Å². The van der Waals surface area contributed by atoms with E-state index in [1.54, 1.807) is 17.2 Å². The van der Waals surface area contributed by atoms with Crippen LogP contribution in [-0.4, -0.2) is 17.9 Å². The first-order chi connectivity index (χ1) is 4.70. The number of hydrogen-bond donors (Lipinski definition) is 0. The molecule has 0 bridgehead atoms. The van der Waals surface area contributed by atoms with Crippen molar-refractivity contribution in [2.24, 2.45) is 0 Å². The average molecular weight is 139 g/mol. The number of hydrogen-bond acceptors (Lipinski definition) is 1. The molecule has 0 saturated carbocycles. The highest BCUT2D eigenvalue weighted by molar-refractivity contribution is 5.49. The van der Waals surface area contributed by atoms with E-state index >= 15 is 0 Å². The lowest BCUT2D eigenvalue weighted by atomic mass is 10.4. The standard InChI is InChI=1S/C8H13NO/c1-4-5-9(7-10)6-8(2)3/h4,6-7H,1,5H2,2-3H3. The minimum absolute atomic E-state index is 0.578. The molecule has 2 nitrogen and oxygen atoms in total. The molecule has 0 radical (unpaired) electrons. The van der Waals surface area contributed by atoms with E-state index in [9.17, 15) is 4.79 Å². The highest BCUT2D eigenvalue weighted by atomic mass is 16.1. The van der Waals surface area contributed by atoms with E-state index in [2.05, 4.69) is 6.58 Å². The number of carbonyl (C=O) groups excluding carboxylic acids is 1. The number of allylic oxidation sites excluding steroid dienone is 1. The lowest BCUT2D eigenvalue weighted by molar-refractivity contribution is -0.115. The molecule has 0 saturated heterocycles. The van der Waals surface area contributed by atoms with Crippen molar-refractivity contribution in [2.45, 2.75) is 13.8 Å². The van der Waals surface area contributed by atoms with Crippen LogP contribution in [0.4, 0.5) is 0 Å². The molecule has 0 fully saturated rings.